The first-order chi connectivity index (χ1) is 12.9. The van der Waals surface area contributed by atoms with Gasteiger partial charge >= 0.3 is 0 Å². The molecule has 1 N–H and O–H groups in total. The molecule has 0 spiro atoms. The Labute approximate surface area is 159 Å². The molecular weight excluding hydrogens is 344 g/mol. The van der Waals surface area contributed by atoms with Gasteiger partial charge in [0.2, 0.25) is 5.91 Å². The number of carbonyl (C=O) groups excluding carboxylic acids is 2. The van der Waals surface area contributed by atoms with Crippen molar-refractivity contribution >= 4 is 11.8 Å². The van der Waals surface area contributed by atoms with E-state index in [-0.39, 0.29) is 18.2 Å². The number of benzene rings is 2. The van der Waals surface area contributed by atoms with Crippen molar-refractivity contribution in [3.63, 3.8) is 0 Å². The monoisotopic (exact) mass is 368 g/mol. The first-order valence-corrected chi connectivity index (χ1v) is 8.85. The first kappa shape index (κ1) is 18.9. The van der Waals surface area contributed by atoms with Crippen LogP contribution in [-0.4, -0.2) is 60.1 Å². The summed E-state index contributed by atoms with van der Waals surface area (Å²) in [6.45, 7) is 0. The summed E-state index contributed by atoms with van der Waals surface area (Å²) in [7, 11) is 4.87. The van der Waals surface area contributed by atoms with Gasteiger partial charge in [-0.25, -0.2) is 0 Å². The minimum Gasteiger partial charge on any atom is -0.497 e. The number of likely N-dealkylation sites (tertiary alicyclic amines) is 1. The lowest BCUT2D eigenvalue weighted by Crippen LogP contribution is -2.46. The molecule has 1 aliphatic rings. The van der Waals surface area contributed by atoms with Crippen LogP contribution in [0.1, 0.15) is 28.4 Å². The van der Waals surface area contributed by atoms with Crippen molar-refractivity contribution in [3.8, 4) is 5.75 Å². The Morgan fingerprint density at radius 3 is 2.44 bits per heavy atom. The highest BCUT2D eigenvalue weighted by Gasteiger charge is 2.47. The number of ether oxygens (including phenoxy) is 1. The number of aliphatic hydroxyl groups excluding tert-OH is 1. The number of nitrogens with zero attached hydrogens (tertiary/aromatic N) is 2. The van der Waals surface area contributed by atoms with E-state index in [9.17, 15) is 14.7 Å². The zero-order chi connectivity index (χ0) is 19.6. The van der Waals surface area contributed by atoms with Crippen LogP contribution in [0.4, 0.5) is 0 Å². The van der Waals surface area contributed by atoms with Crippen LogP contribution in [-0.2, 0) is 4.79 Å². The molecule has 0 aliphatic carbocycles. The number of aliphatic hydroxyl groups is 1. The van der Waals surface area contributed by atoms with E-state index in [1.165, 1.54) is 9.80 Å². The van der Waals surface area contributed by atoms with Gasteiger partial charge in [-0.3, -0.25) is 9.59 Å². The van der Waals surface area contributed by atoms with E-state index in [4.69, 9.17) is 4.74 Å². The number of hydrogen-bond donors (Lipinski definition) is 1. The molecule has 1 aliphatic heterocycles. The Kier molecular flexibility index (Phi) is 5.46. The molecule has 1 saturated heterocycles. The van der Waals surface area contributed by atoms with Crippen LogP contribution >= 0.6 is 0 Å². The van der Waals surface area contributed by atoms with Crippen LogP contribution in [0.3, 0.4) is 0 Å². The van der Waals surface area contributed by atoms with Crippen LogP contribution in [0.2, 0.25) is 0 Å². The van der Waals surface area contributed by atoms with E-state index in [1.807, 2.05) is 18.2 Å². The number of methoxy groups -OCH3 is 1. The Bertz CT molecular complexity index is 822. The highest BCUT2D eigenvalue weighted by Crippen LogP contribution is 2.39. The molecule has 0 bridgehead atoms. The molecule has 0 saturated carbocycles. The minimum absolute atomic E-state index is 0.192. The fraction of sp³-hybridized carbons (Fsp3) is 0.333. The van der Waals surface area contributed by atoms with Crippen molar-refractivity contribution in [2.45, 2.75) is 24.6 Å². The van der Waals surface area contributed by atoms with Gasteiger partial charge in [0.1, 0.15) is 11.8 Å². The number of hydrogen-bond acceptors (Lipinski definition) is 4. The summed E-state index contributed by atoms with van der Waals surface area (Å²) < 4.78 is 5.28. The topological polar surface area (TPSA) is 70.1 Å². The third-order valence-corrected chi connectivity index (χ3v) is 4.88. The van der Waals surface area contributed by atoms with Crippen molar-refractivity contribution in [1.29, 1.82) is 0 Å². The maximum atomic E-state index is 13.3. The Morgan fingerprint density at radius 2 is 1.81 bits per heavy atom. The van der Waals surface area contributed by atoms with Gasteiger partial charge in [0, 0.05) is 26.1 Å². The van der Waals surface area contributed by atoms with E-state index in [1.54, 1.807) is 57.6 Å². The van der Waals surface area contributed by atoms with Crippen LogP contribution in [0.5, 0.6) is 5.75 Å². The predicted molar refractivity (Wildman–Crippen MR) is 101 cm³/mol. The lowest BCUT2D eigenvalue weighted by molar-refractivity contribution is -0.133. The van der Waals surface area contributed by atoms with Crippen molar-refractivity contribution in [1.82, 2.24) is 9.80 Å². The minimum atomic E-state index is -0.848. The predicted octanol–water partition coefficient (Wildman–Crippen LogP) is 2.10. The maximum absolute atomic E-state index is 13.3. The lowest BCUT2D eigenvalue weighted by atomic mass is 10.0. The first-order valence-electron chi connectivity index (χ1n) is 8.85. The third kappa shape index (κ3) is 3.66. The van der Waals surface area contributed by atoms with Gasteiger partial charge in [-0.05, 0) is 29.8 Å². The molecule has 0 unspecified atom stereocenters. The Hall–Kier alpha value is -2.86. The molecular formula is C21H24N2O4. The van der Waals surface area contributed by atoms with Crippen LogP contribution in [0, 0.1) is 0 Å². The SMILES string of the molecule is COc1cccc([C@@H]2[C@@H](O)C[C@@H](C(=O)N(C)C)N2C(=O)c2ccccc2)c1. The molecule has 3 rings (SSSR count). The average Bonchev–Trinajstić information content (AvgIpc) is 3.04. The quantitative estimate of drug-likeness (QED) is 0.897. The molecule has 142 valence electrons. The number of amides is 2. The van der Waals surface area contributed by atoms with Crippen LogP contribution < -0.4 is 4.74 Å². The Balaban J connectivity index is 2.06. The second-order valence-electron chi connectivity index (χ2n) is 6.85. The van der Waals surface area contributed by atoms with E-state index >= 15 is 0 Å². The summed E-state index contributed by atoms with van der Waals surface area (Å²) in [6.07, 6.45) is -0.657. The van der Waals surface area contributed by atoms with E-state index in [0.29, 0.717) is 11.3 Å². The van der Waals surface area contributed by atoms with Gasteiger partial charge in [-0.15, -0.1) is 0 Å². The van der Waals surface area contributed by atoms with Crippen molar-refractivity contribution in [3.05, 3.63) is 65.7 Å². The maximum Gasteiger partial charge on any atom is 0.255 e. The summed E-state index contributed by atoms with van der Waals surface area (Å²) >= 11 is 0. The highest BCUT2D eigenvalue weighted by atomic mass is 16.5. The molecule has 2 amide bonds. The summed E-state index contributed by atoms with van der Waals surface area (Å²) in [4.78, 5) is 29.0. The van der Waals surface area contributed by atoms with Crippen molar-refractivity contribution < 1.29 is 19.4 Å². The van der Waals surface area contributed by atoms with Gasteiger partial charge in [0.25, 0.3) is 5.91 Å². The molecule has 27 heavy (non-hydrogen) atoms. The van der Waals surface area contributed by atoms with E-state index in [2.05, 4.69) is 0 Å². The van der Waals surface area contributed by atoms with Gasteiger partial charge in [-0.1, -0.05) is 30.3 Å². The fourth-order valence-electron chi connectivity index (χ4n) is 3.57. The van der Waals surface area contributed by atoms with Crippen LogP contribution in [0.25, 0.3) is 0 Å². The second kappa shape index (κ2) is 7.80. The van der Waals surface area contributed by atoms with Crippen molar-refractivity contribution in [2.24, 2.45) is 0 Å². The molecule has 6 heteroatoms. The smallest absolute Gasteiger partial charge is 0.255 e. The van der Waals surface area contributed by atoms with Crippen molar-refractivity contribution in [2.75, 3.05) is 21.2 Å². The molecule has 0 radical (unpaired) electrons. The molecule has 3 atom stereocenters. The van der Waals surface area contributed by atoms with E-state index in [0.717, 1.165) is 5.56 Å². The molecule has 1 fully saturated rings. The number of likely N-dealkylation sites (N-methyl/N-ethyl adjacent to an activating group) is 1. The number of rotatable bonds is 4. The molecule has 0 aromatic heterocycles. The fourth-order valence-corrected chi connectivity index (χ4v) is 3.57. The lowest BCUT2D eigenvalue weighted by Gasteiger charge is -2.32. The summed E-state index contributed by atoms with van der Waals surface area (Å²) in [5.74, 6) is 0.151. The van der Waals surface area contributed by atoms with Gasteiger partial charge in [-0.2, -0.15) is 0 Å². The largest absolute Gasteiger partial charge is 0.497 e. The van der Waals surface area contributed by atoms with Gasteiger partial charge in [0.15, 0.2) is 0 Å². The number of carbonyl (C=O) groups is 2. The third-order valence-electron chi connectivity index (χ3n) is 4.88. The molecule has 2 aromatic rings. The zero-order valence-corrected chi connectivity index (χ0v) is 15.7. The highest BCUT2D eigenvalue weighted by molar-refractivity contribution is 5.98. The summed E-state index contributed by atoms with van der Waals surface area (Å²) in [6, 6.07) is 14.7. The average molecular weight is 368 g/mol. The zero-order valence-electron chi connectivity index (χ0n) is 15.7. The molecule has 2 aromatic carbocycles. The normalized spacial score (nSPS) is 21.8. The van der Waals surface area contributed by atoms with Crippen LogP contribution in [0.15, 0.2) is 54.6 Å². The molecule has 6 nitrogen and oxygen atoms in total. The summed E-state index contributed by atoms with van der Waals surface area (Å²) in [5, 5.41) is 10.8. The summed E-state index contributed by atoms with van der Waals surface area (Å²) in [5.41, 5.74) is 1.22. The Morgan fingerprint density at radius 1 is 1.11 bits per heavy atom. The second-order valence-corrected chi connectivity index (χ2v) is 6.85. The molecule has 1 heterocycles. The van der Waals surface area contributed by atoms with Gasteiger partial charge in [0.05, 0.1) is 19.3 Å². The standard InChI is InChI=1S/C21H24N2O4/c1-22(2)21(26)17-13-18(24)19(15-10-7-11-16(12-15)27-3)23(17)20(25)14-8-5-4-6-9-14/h4-12,17-19,24H,13H2,1-3H3/t17-,18-,19+/m0/s1. The van der Waals surface area contributed by atoms with E-state index < -0.39 is 18.2 Å². The van der Waals surface area contributed by atoms with Gasteiger partial charge < -0.3 is 19.6 Å².